The summed E-state index contributed by atoms with van der Waals surface area (Å²) in [5.74, 6) is -0.196. The van der Waals surface area contributed by atoms with E-state index in [0.29, 0.717) is 5.56 Å². The lowest BCUT2D eigenvalue weighted by molar-refractivity contribution is -0.139. The van der Waals surface area contributed by atoms with Gasteiger partial charge in [-0.25, -0.2) is 0 Å². The number of ether oxygens (including phenoxy) is 2. The van der Waals surface area contributed by atoms with E-state index in [1.807, 2.05) is 0 Å². The lowest BCUT2D eigenvalue weighted by atomic mass is 9.84. The van der Waals surface area contributed by atoms with Gasteiger partial charge in [0.15, 0.2) is 11.5 Å². The molecule has 2 rings (SSSR count). The van der Waals surface area contributed by atoms with Crippen molar-refractivity contribution in [3.63, 3.8) is 0 Å². The summed E-state index contributed by atoms with van der Waals surface area (Å²) in [7, 11) is 0. The monoisotopic (exact) mass is 276 g/mol. The Hall–Kier alpha value is -1.43. The van der Waals surface area contributed by atoms with Gasteiger partial charge in [0.2, 0.25) is 0 Å². The molecule has 3 nitrogen and oxygen atoms in total. The summed E-state index contributed by atoms with van der Waals surface area (Å²) >= 11 is 0. The lowest BCUT2D eigenvalue weighted by Gasteiger charge is -2.30. The van der Waals surface area contributed by atoms with Crippen LogP contribution in [-0.4, -0.2) is 24.9 Å². The van der Waals surface area contributed by atoms with E-state index < -0.39 is 17.2 Å². The molecule has 0 saturated carbocycles. The quantitative estimate of drug-likeness (QED) is 0.902. The van der Waals surface area contributed by atoms with E-state index in [1.54, 1.807) is 13.8 Å². The van der Waals surface area contributed by atoms with E-state index in [-0.39, 0.29) is 31.3 Å². The fraction of sp³-hybridized carbons (Fsp3) is 0.538. The van der Waals surface area contributed by atoms with Crippen LogP contribution in [0, 0.1) is 0 Å². The SMILES string of the molecule is CC(C)(CO)c1ccc(C(F)(F)F)c2c1OCCO2. The third-order valence-electron chi connectivity index (χ3n) is 3.12. The Morgan fingerprint density at radius 3 is 2.00 bits per heavy atom. The Labute approximate surface area is 108 Å². The zero-order valence-electron chi connectivity index (χ0n) is 10.7. The van der Waals surface area contributed by atoms with Crippen LogP contribution in [0.2, 0.25) is 0 Å². The van der Waals surface area contributed by atoms with Gasteiger partial charge in [-0.3, -0.25) is 0 Å². The van der Waals surface area contributed by atoms with Gasteiger partial charge in [-0.1, -0.05) is 19.9 Å². The first-order chi connectivity index (χ1) is 8.77. The first-order valence-electron chi connectivity index (χ1n) is 5.88. The standard InChI is InChI=1S/C13H15F3O3/c1-12(2,7-17)8-3-4-9(13(14,15)16)11-10(8)18-5-6-19-11/h3-4,17H,5-7H2,1-2H3. The van der Waals surface area contributed by atoms with Crippen molar-refractivity contribution in [1.29, 1.82) is 0 Å². The Balaban J connectivity index is 2.62. The Morgan fingerprint density at radius 1 is 1.05 bits per heavy atom. The predicted molar refractivity (Wildman–Crippen MR) is 62.5 cm³/mol. The molecule has 0 atom stereocenters. The number of aliphatic hydroxyl groups is 1. The molecule has 0 radical (unpaired) electrons. The fourth-order valence-corrected chi connectivity index (χ4v) is 1.98. The van der Waals surface area contributed by atoms with Gasteiger partial charge in [-0.05, 0) is 6.07 Å². The molecule has 1 aliphatic heterocycles. The molecular formula is C13H15F3O3. The van der Waals surface area contributed by atoms with Crippen LogP contribution in [-0.2, 0) is 11.6 Å². The van der Waals surface area contributed by atoms with Crippen LogP contribution in [0.3, 0.4) is 0 Å². The number of halogens is 3. The minimum atomic E-state index is -4.49. The molecule has 0 fully saturated rings. The van der Waals surface area contributed by atoms with Gasteiger partial charge < -0.3 is 14.6 Å². The molecular weight excluding hydrogens is 261 g/mol. The normalized spacial score (nSPS) is 15.5. The van der Waals surface area contributed by atoms with Crippen LogP contribution in [0.4, 0.5) is 13.2 Å². The lowest BCUT2D eigenvalue weighted by Crippen LogP contribution is -2.27. The summed E-state index contributed by atoms with van der Waals surface area (Å²) in [5, 5.41) is 9.36. The van der Waals surface area contributed by atoms with Crippen molar-refractivity contribution in [2.75, 3.05) is 19.8 Å². The maximum absolute atomic E-state index is 12.9. The molecule has 0 saturated heterocycles. The van der Waals surface area contributed by atoms with E-state index in [0.717, 1.165) is 6.07 Å². The number of hydrogen-bond acceptors (Lipinski definition) is 3. The summed E-state index contributed by atoms with van der Waals surface area (Å²) in [6.45, 7) is 3.54. The zero-order valence-corrected chi connectivity index (χ0v) is 10.7. The summed E-state index contributed by atoms with van der Waals surface area (Å²) in [4.78, 5) is 0. The van der Waals surface area contributed by atoms with Crippen molar-refractivity contribution < 1.29 is 27.8 Å². The van der Waals surface area contributed by atoms with Crippen LogP contribution < -0.4 is 9.47 Å². The average Bonchev–Trinajstić information content (AvgIpc) is 2.36. The first kappa shape index (κ1) is 14.0. The van der Waals surface area contributed by atoms with Crippen LogP contribution in [0.1, 0.15) is 25.0 Å². The number of rotatable bonds is 2. The van der Waals surface area contributed by atoms with Crippen LogP contribution in [0.5, 0.6) is 11.5 Å². The van der Waals surface area contributed by atoms with Crippen molar-refractivity contribution in [3.05, 3.63) is 23.3 Å². The fourth-order valence-electron chi connectivity index (χ4n) is 1.98. The number of alkyl halides is 3. The molecule has 0 amide bonds. The Kier molecular flexibility index (Phi) is 3.38. The third kappa shape index (κ3) is 2.49. The zero-order chi connectivity index (χ0) is 14.3. The van der Waals surface area contributed by atoms with Gasteiger partial charge in [0.1, 0.15) is 18.8 Å². The molecule has 6 heteroatoms. The summed E-state index contributed by atoms with van der Waals surface area (Å²) in [5.41, 5.74) is -1.04. The van der Waals surface area contributed by atoms with Crippen molar-refractivity contribution in [2.45, 2.75) is 25.4 Å². The minimum Gasteiger partial charge on any atom is -0.486 e. The molecule has 1 N–H and O–H groups in total. The molecule has 1 aliphatic rings. The molecule has 1 aromatic rings. The average molecular weight is 276 g/mol. The smallest absolute Gasteiger partial charge is 0.420 e. The van der Waals surface area contributed by atoms with Crippen molar-refractivity contribution in [1.82, 2.24) is 0 Å². The van der Waals surface area contributed by atoms with E-state index >= 15 is 0 Å². The van der Waals surface area contributed by atoms with E-state index in [4.69, 9.17) is 9.47 Å². The number of aliphatic hydroxyl groups excluding tert-OH is 1. The number of hydrogen-bond donors (Lipinski definition) is 1. The largest absolute Gasteiger partial charge is 0.486 e. The molecule has 0 spiro atoms. The van der Waals surface area contributed by atoms with Crippen molar-refractivity contribution in [2.24, 2.45) is 0 Å². The van der Waals surface area contributed by atoms with Crippen molar-refractivity contribution >= 4 is 0 Å². The maximum atomic E-state index is 12.9. The second-order valence-corrected chi connectivity index (χ2v) is 5.06. The predicted octanol–water partition coefficient (Wildman–Crippen LogP) is 2.75. The second kappa shape index (κ2) is 4.59. The highest BCUT2D eigenvalue weighted by atomic mass is 19.4. The summed E-state index contributed by atoms with van der Waals surface area (Å²) in [6.07, 6.45) is -4.49. The Morgan fingerprint density at radius 2 is 1.53 bits per heavy atom. The molecule has 0 bridgehead atoms. The third-order valence-corrected chi connectivity index (χ3v) is 3.12. The van der Waals surface area contributed by atoms with Gasteiger partial charge in [0, 0.05) is 11.0 Å². The van der Waals surface area contributed by atoms with E-state index in [9.17, 15) is 18.3 Å². The maximum Gasteiger partial charge on any atom is 0.420 e. The highest BCUT2D eigenvalue weighted by Gasteiger charge is 2.39. The van der Waals surface area contributed by atoms with Gasteiger partial charge in [-0.15, -0.1) is 0 Å². The summed E-state index contributed by atoms with van der Waals surface area (Å²) in [6, 6.07) is 2.31. The minimum absolute atomic E-state index is 0.0824. The molecule has 0 aliphatic carbocycles. The van der Waals surface area contributed by atoms with Gasteiger partial charge in [-0.2, -0.15) is 13.2 Å². The van der Waals surface area contributed by atoms with E-state index in [1.165, 1.54) is 6.07 Å². The van der Waals surface area contributed by atoms with Crippen LogP contribution in [0.25, 0.3) is 0 Å². The topological polar surface area (TPSA) is 38.7 Å². The van der Waals surface area contributed by atoms with E-state index in [2.05, 4.69) is 0 Å². The first-order valence-corrected chi connectivity index (χ1v) is 5.88. The highest BCUT2D eigenvalue weighted by molar-refractivity contribution is 5.56. The molecule has 106 valence electrons. The summed E-state index contributed by atoms with van der Waals surface area (Å²) < 4.78 is 49.2. The van der Waals surface area contributed by atoms with Crippen LogP contribution >= 0.6 is 0 Å². The van der Waals surface area contributed by atoms with Gasteiger partial charge in [0.25, 0.3) is 0 Å². The molecule has 1 heterocycles. The molecule has 0 unspecified atom stereocenters. The molecule has 1 aromatic carbocycles. The number of fused-ring (bicyclic) bond motifs is 1. The second-order valence-electron chi connectivity index (χ2n) is 5.06. The molecule has 19 heavy (non-hydrogen) atoms. The van der Waals surface area contributed by atoms with Crippen LogP contribution in [0.15, 0.2) is 12.1 Å². The Bertz CT molecular complexity index is 481. The van der Waals surface area contributed by atoms with Gasteiger partial charge >= 0.3 is 6.18 Å². The number of benzene rings is 1. The highest BCUT2D eigenvalue weighted by Crippen LogP contribution is 2.47. The van der Waals surface area contributed by atoms with Crippen molar-refractivity contribution in [3.8, 4) is 11.5 Å². The molecule has 0 aromatic heterocycles. The van der Waals surface area contributed by atoms with Gasteiger partial charge in [0.05, 0.1) is 6.61 Å².